The summed E-state index contributed by atoms with van der Waals surface area (Å²) in [7, 11) is -0.979. The molecule has 0 spiro atoms. The Morgan fingerprint density at radius 3 is 2.47 bits per heavy atom. The number of anilines is 1. The Hall–Kier alpha value is -2.85. The van der Waals surface area contributed by atoms with Crippen LogP contribution in [0.4, 0.5) is 10.1 Å². The molecule has 0 heterocycles. The number of methoxy groups -OCH3 is 1. The van der Waals surface area contributed by atoms with Crippen molar-refractivity contribution in [2.45, 2.75) is 19.5 Å². The third kappa shape index (κ3) is 6.33. The van der Waals surface area contributed by atoms with E-state index in [0.29, 0.717) is 11.3 Å². The van der Waals surface area contributed by atoms with Crippen LogP contribution in [0.3, 0.4) is 0 Å². The van der Waals surface area contributed by atoms with E-state index in [1.54, 1.807) is 24.3 Å². The summed E-state index contributed by atoms with van der Waals surface area (Å²) in [5, 5.41) is 2.21. The van der Waals surface area contributed by atoms with Crippen LogP contribution in [0.5, 0.6) is 5.75 Å². The van der Waals surface area contributed by atoms with Gasteiger partial charge >= 0.3 is 0 Å². The molecule has 0 bridgehead atoms. The SMILES string of the molecule is CNC(=O)[C@H](C)N(Cc1cccc(OC)c1)C(=O)CN(c1ccc(F)c(Cl)c1)S(C)(=O)=O. The molecule has 0 aliphatic carbocycles. The fourth-order valence-electron chi connectivity index (χ4n) is 3.01. The predicted octanol–water partition coefficient (Wildman–Crippen LogP) is 2.42. The summed E-state index contributed by atoms with van der Waals surface area (Å²) >= 11 is 5.80. The van der Waals surface area contributed by atoms with Crippen molar-refractivity contribution < 1.29 is 27.1 Å². The molecule has 11 heteroatoms. The summed E-state index contributed by atoms with van der Waals surface area (Å²) in [4.78, 5) is 26.8. The lowest BCUT2D eigenvalue weighted by Gasteiger charge is -2.31. The molecule has 0 saturated carbocycles. The third-order valence-electron chi connectivity index (χ3n) is 4.77. The zero-order chi connectivity index (χ0) is 24.1. The Morgan fingerprint density at radius 1 is 1.22 bits per heavy atom. The van der Waals surface area contributed by atoms with Crippen molar-refractivity contribution >= 4 is 39.1 Å². The van der Waals surface area contributed by atoms with Crippen LogP contribution in [0.1, 0.15) is 12.5 Å². The quantitative estimate of drug-likeness (QED) is 0.588. The van der Waals surface area contributed by atoms with Gasteiger partial charge in [-0.25, -0.2) is 12.8 Å². The molecular formula is C21H25ClFN3O5S. The molecule has 8 nitrogen and oxygen atoms in total. The first-order valence-electron chi connectivity index (χ1n) is 9.54. The molecule has 1 N–H and O–H groups in total. The number of amides is 2. The predicted molar refractivity (Wildman–Crippen MR) is 121 cm³/mol. The number of carbonyl (C=O) groups excluding carboxylic acids is 2. The number of benzene rings is 2. The molecule has 2 aromatic rings. The van der Waals surface area contributed by atoms with Gasteiger partial charge in [0.2, 0.25) is 21.8 Å². The highest BCUT2D eigenvalue weighted by atomic mass is 35.5. The van der Waals surface area contributed by atoms with E-state index in [2.05, 4.69) is 5.32 Å². The zero-order valence-corrected chi connectivity index (χ0v) is 19.7. The smallest absolute Gasteiger partial charge is 0.244 e. The van der Waals surface area contributed by atoms with Gasteiger partial charge in [0.1, 0.15) is 24.2 Å². The lowest BCUT2D eigenvalue weighted by atomic mass is 10.1. The number of hydrogen-bond donors (Lipinski definition) is 1. The summed E-state index contributed by atoms with van der Waals surface area (Å²) in [5.41, 5.74) is 0.713. The minimum atomic E-state index is -3.93. The van der Waals surface area contributed by atoms with Crippen molar-refractivity contribution in [1.29, 1.82) is 0 Å². The van der Waals surface area contributed by atoms with Crippen LogP contribution < -0.4 is 14.4 Å². The van der Waals surface area contributed by atoms with Gasteiger partial charge in [-0.3, -0.25) is 13.9 Å². The van der Waals surface area contributed by atoms with Gasteiger partial charge in [-0.05, 0) is 42.8 Å². The lowest BCUT2D eigenvalue weighted by Crippen LogP contribution is -2.50. The van der Waals surface area contributed by atoms with Crippen molar-refractivity contribution in [2.24, 2.45) is 0 Å². The van der Waals surface area contributed by atoms with Crippen LogP contribution >= 0.6 is 11.6 Å². The number of sulfonamides is 1. The van der Waals surface area contributed by atoms with Gasteiger partial charge < -0.3 is 15.0 Å². The van der Waals surface area contributed by atoms with Gasteiger partial charge in [0.05, 0.1) is 24.1 Å². The van der Waals surface area contributed by atoms with E-state index in [4.69, 9.17) is 16.3 Å². The first-order chi connectivity index (χ1) is 15.0. The molecule has 1 atom stereocenters. The van der Waals surface area contributed by atoms with Crippen molar-refractivity contribution in [1.82, 2.24) is 10.2 Å². The fraction of sp³-hybridized carbons (Fsp3) is 0.333. The van der Waals surface area contributed by atoms with Gasteiger partial charge in [-0.2, -0.15) is 0 Å². The number of carbonyl (C=O) groups is 2. The molecule has 0 aliphatic rings. The van der Waals surface area contributed by atoms with Crippen LogP contribution in [0.15, 0.2) is 42.5 Å². The molecule has 0 radical (unpaired) electrons. The monoisotopic (exact) mass is 485 g/mol. The molecule has 174 valence electrons. The van der Waals surface area contributed by atoms with E-state index in [-0.39, 0.29) is 17.3 Å². The Balaban J connectivity index is 2.41. The van der Waals surface area contributed by atoms with E-state index < -0.39 is 40.2 Å². The van der Waals surface area contributed by atoms with Crippen LogP contribution in [-0.4, -0.2) is 58.1 Å². The minimum Gasteiger partial charge on any atom is -0.497 e. The van der Waals surface area contributed by atoms with Gasteiger partial charge in [0.25, 0.3) is 0 Å². The highest BCUT2D eigenvalue weighted by molar-refractivity contribution is 7.92. The molecule has 0 unspecified atom stereocenters. The van der Waals surface area contributed by atoms with E-state index in [1.807, 2.05) is 0 Å². The lowest BCUT2D eigenvalue weighted by molar-refractivity contribution is -0.139. The highest BCUT2D eigenvalue weighted by Crippen LogP contribution is 2.25. The van der Waals surface area contributed by atoms with Crippen molar-refractivity contribution in [2.75, 3.05) is 31.3 Å². The zero-order valence-electron chi connectivity index (χ0n) is 18.1. The van der Waals surface area contributed by atoms with E-state index >= 15 is 0 Å². The standard InChI is InChI=1S/C21H25ClFN3O5S/c1-14(21(28)24-2)25(12-15-6-5-7-17(10-15)31-3)20(27)13-26(32(4,29)30)16-8-9-19(23)18(22)11-16/h5-11,14H,12-13H2,1-4H3,(H,24,28)/t14-/m0/s1. The second kappa shape index (κ2) is 10.6. The second-order valence-corrected chi connectivity index (χ2v) is 9.35. The minimum absolute atomic E-state index is 0.0289. The van der Waals surface area contributed by atoms with Crippen LogP contribution in [0, 0.1) is 5.82 Å². The van der Waals surface area contributed by atoms with Crippen LogP contribution in [0.2, 0.25) is 5.02 Å². The summed E-state index contributed by atoms with van der Waals surface area (Å²) in [5.74, 6) is -1.20. The summed E-state index contributed by atoms with van der Waals surface area (Å²) in [6.45, 7) is 0.967. The van der Waals surface area contributed by atoms with Crippen molar-refractivity contribution in [3.63, 3.8) is 0 Å². The molecule has 2 aromatic carbocycles. The van der Waals surface area contributed by atoms with Crippen molar-refractivity contribution in [3.05, 3.63) is 58.9 Å². The Morgan fingerprint density at radius 2 is 1.91 bits per heavy atom. The molecule has 0 fully saturated rings. The number of hydrogen-bond acceptors (Lipinski definition) is 5. The maximum Gasteiger partial charge on any atom is 0.244 e. The molecule has 0 saturated heterocycles. The maximum absolute atomic E-state index is 13.6. The van der Waals surface area contributed by atoms with E-state index in [1.165, 1.54) is 32.0 Å². The average Bonchev–Trinajstić information content (AvgIpc) is 2.75. The number of rotatable bonds is 9. The number of ether oxygens (including phenoxy) is 1. The second-order valence-electron chi connectivity index (χ2n) is 7.03. The fourth-order valence-corrected chi connectivity index (χ4v) is 4.03. The van der Waals surface area contributed by atoms with Gasteiger partial charge in [0.15, 0.2) is 0 Å². The summed E-state index contributed by atoms with van der Waals surface area (Å²) < 4.78 is 44.4. The molecule has 0 aromatic heterocycles. The molecule has 0 aliphatic heterocycles. The number of likely N-dealkylation sites (N-methyl/N-ethyl adjacent to an activating group) is 1. The summed E-state index contributed by atoms with van der Waals surface area (Å²) in [6, 6.07) is 9.41. The number of halogens is 2. The first kappa shape index (κ1) is 25.4. The molecule has 32 heavy (non-hydrogen) atoms. The Kier molecular flexibility index (Phi) is 8.45. The van der Waals surface area contributed by atoms with Gasteiger partial charge in [0, 0.05) is 13.6 Å². The maximum atomic E-state index is 13.6. The largest absolute Gasteiger partial charge is 0.497 e. The van der Waals surface area contributed by atoms with Gasteiger partial charge in [-0.1, -0.05) is 23.7 Å². The Labute approximate surface area is 192 Å². The Bertz CT molecular complexity index is 1100. The van der Waals surface area contributed by atoms with E-state index in [9.17, 15) is 22.4 Å². The topological polar surface area (TPSA) is 96.0 Å². The normalized spacial score (nSPS) is 12.1. The summed E-state index contributed by atoms with van der Waals surface area (Å²) in [6.07, 6.45) is 0.923. The third-order valence-corrected chi connectivity index (χ3v) is 6.20. The number of nitrogens with one attached hydrogen (secondary N) is 1. The molecular weight excluding hydrogens is 461 g/mol. The number of nitrogens with zero attached hydrogens (tertiary/aromatic N) is 2. The molecule has 2 amide bonds. The van der Waals surface area contributed by atoms with Crippen molar-refractivity contribution in [3.8, 4) is 5.75 Å². The van der Waals surface area contributed by atoms with Crippen LogP contribution in [0.25, 0.3) is 0 Å². The van der Waals surface area contributed by atoms with Crippen LogP contribution in [-0.2, 0) is 26.2 Å². The van der Waals surface area contributed by atoms with E-state index in [0.717, 1.165) is 22.7 Å². The van der Waals surface area contributed by atoms with Gasteiger partial charge in [-0.15, -0.1) is 0 Å². The molecule has 2 rings (SSSR count). The average molecular weight is 486 g/mol. The highest BCUT2D eigenvalue weighted by Gasteiger charge is 2.30. The first-order valence-corrected chi connectivity index (χ1v) is 11.8.